The van der Waals surface area contributed by atoms with Crippen molar-refractivity contribution in [1.29, 1.82) is 0 Å². The van der Waals surface area contributed by atoms with E-state index >= 15 is 0 Å². The zero-order valence-electron chi connectivity index (χ0n) is 10.0. The van der Waals surface area contributed by atoms with Gasteiger partial charge in [0.2, 0.25) is 0 Å². The minimum atomic E-state index is 1.11. The lowest BCUT2D eigenvalue weighted by Gasteiger charge is -2.01. The van der Waals surface area contributed by atoms with E-state index in [2.05, 4.69) is 31.3 Å². The van der Waals surface area contributed by atoms with E-state index in [1.54, 1.807) is 4.88 Å². The summed E-state index contributed by atoms with van der Waals surface area (Å²) in [4.78, 5) is 3.00. The summed E-state index contributed by atoms with van der Waals surface area (Å²) in [7, 11) is 0. The fourth-order valence-corrected chi connectivity index (χ4v) is 2.63. The molecular weight excluding hydrogens is 202 g/mol. The first-order valence-electron chi connectivity index (χ1n) is 6.09. The lowest BCUT2D eigenvalue weighted by atomic mass is 10.1. The van der Waals surface area contributed by atoms with Crippen molar-refractivity contribution >= 4 is 11.3 Å². The van der Waals surface area contributed by atoms with Crippen LogP contribution in [0.1, 0.15) is 42.4 Å². The van der Waals surface area contributed by atoms with Crippen LogP contribution in [-0.4, -0.2) is 13.1 Å². The van der Waals surface area contributed by atoms with Gasteiger partial charge in [0.1, 0.15) is 0 Å². The summed E-state index contributed by atoms with van der Waals surface area (Å²) >= 11 is 1.95. The van der Waals surface area contributed by atoms with Crippen LogP contribution in [0.4, 0.5) is 0 Å². The molecule has 0 aliphatic rings. The molecule has 0 radical (unpaired) electrons. The van der Waals surface area contributed by atoms with Gasteiger partial charge in [0.25, 0.3) is 0 Å². The summed E-state index contributed by atoms with van der Waals surface area (Å²) in [5.41, 5.74) is 0. The van der Waals surface area contributed by atoms with Crippen molar-refractivity contribution in [3.8, 4) is 0 Å². The van der Waals surface area contributed by atoms with E-state index in [1.807, 2.05) is 11.3 Å². The normalized spacial score (nSPS) is 10.8. The van der Waals surface area contributed by atoms with Gasteiger partial charge in [-0.1, -0.05) is 19.8 Å². The van der Waals surface area contributed by atoms with Crippen LogP contribution in [0.2, 0.25) is 0 Å². The maximum absolute atomic E-state index is 3.36. The molecule has 0 bridgehead atoms. The van der Waals surface area contributed by atoms with Gasteiger partial charge in [0, 0.05) is 9.75 Å². The molecule has 86 valence electrons. The summed E-state index contributed by atoms with van der Waals surface area (Å²) in [5.74, 6) is 0. The monoisotopic (exact) mass is 225 g/mol. The van der Waals surface area contributed by atoms with Crippen molar-refractivity contribution in [2.75, 3.05) is 13.1 Å². The number of aryl methyl sites for hydroxylation is 2. The quantitative estimate of drug-likeness (QED) is 0.664. The topological polar surface area (TPSA) is 12.0 Å². The van der Waals surface area contributed by atoms with Crippen LogP contribution in [0.5, 0.6) is 0 Å². The van der Waals surface area contributed by atoms with Crippen LogP contribution in [0.15, 0.2) is 12.1 Å². The molecular formula is C13H23NS. The standard InChI is InChI=1S/C13H23NS/c1-3-14-11-7-5-4-6-8-13-10-9-12(2)15-13/h9-10,14H,3-8,11H2,1-2H3. The van der Waals surface area contributed by atoms with Crippen LogP contribution in [0.25, 0.3) is 0 Å². The highest BCUT2D eigenvalue weighted by atomic mass is 32.1. The number of nitrogens with one attached hydrogen (secondary N) is 1. The smallest absolute Gasteiger partial charge is 0.00480 e. The van der Waals surface area contributed by atoms with Crippen molar-refractivity contribution in [1.82, 2.24) is 5.32 Å². The summed E-state index contributed by atoms with van der Waals surface area (Å²) in [5, 5.41) is 3.36. The van der Waals surface area contributed by atoms with E-state index in [0.29, 0.717) is 0 Å². The molecule has 0 fully saturated rings. The SMILES string of the molecule is CCNCCCCCCc1ccc(C)s1. The average molecular weight is 225 g/mol. The molecule has 2 heteroatoms. The van der Waals surface area contributed by atoms with Crippen LogP contribution in [-0.2, 0) is 6.42 Å². The second kappa shape index (κ2) is 7.89. The first-order valence-corrected chi connectivity index (χ1v) is 6.90. The van der Waals surface area contributed by atoms with Gasteiger partial charge in [0.05, 0.1) is 0 Å². The fourth-order valence-electron chi connectivity index (χ4n) is 1.70. The first kappa shape index (κ1) is 12.7. The molecule has 0 atom stereocenters. The Labute approximate surface area is 97.9 Å². The van der Waals surface area contributed by atoms with Gasteiger partial charge in [-0.2, -0.15) is 0 Å². The van der Waals surface area contributed by atoms with Crippen LogP contribution < -0.4 is 5.32 Å². The molecule has 15 heavy (non-hydrogen) atoms. The summed E-state index contributed by atoms with van der Waals surface area (Å²) in [6.07, 6.45) is 6.71. The Morgan fingerprint density at radius 3 is 2.60 bits per heavy atom. The third-order valence-corrected chi connectivity index (χ3v) is 3.63. The Balaban J connectivity index is 1.93. The molecule has 0 saturated heterocycles. The minimum Gasteiger partial charge on any atom is -0.317 e. The van der Waals surface area contributed by atoms with Gasteiger partial charge in [-0.3, -0.25) is 0 Å². The third-order valence-electron chi connectivity index (χ3n) is 2.57. The second-order valence-corrected chi connectivity index (χ2v) is 5.40. The highest BCUT2D eigenvalue weighted by molar-refractivity contribution is 7.11. The average Bonchev–Trinajstić information content (AvgIpc) is 2.63. The van der Waals surface area contributed by atoms with Crippen molar-refractivity contribution in [3.05, 3.63) is 21.9 Å². The van der Waals surface area contributed by atoms with Crippen molar-refractivity contribution in [2.24, 2.45) is 0 Å². The van der Waals surface area contributed by atoms with Gasteiger partial charge in [-0.25, -0.2) is 0 Å². The molecule has 1 heterocycles. The zero-order chi connectivity index (χ0) is 10.9. The molecule has 0 unspecified atom stereocenters. The zero-order valence-corrected chi connectivity index (χ0v) is 10.8. The molecule has 1 nitrogen and oxygen atoms in total. The minimum absolute atomic E-state index is 1.11. The van der Waals surface area contributed by atoms with E-state index in [1.165, 1.54) is 43.5 Å². The molecule has 0 aliphatic carbocycles. The van der Waals surface area contributed by atoms with E-state index < -0.39 is 0 Å². The fraction of sp³-hybridized carbons (Fsp3) is 0.692. The van der Waals surface area contributed by atoms with Gasteiger partial charge in [-0.15, -0.1) is 11.3 Å². The summed E-state index contributed by atoms with van der Waals surface area (Å²) < 4.78 is 0. The molecule has 0 saturated carbocycles. The van der Waals surface area contributed by atoms with Gasteiger partial charge in [-0.05, 0) is 51.4 Å². The van der Waals surface area contributed by atoms with Gasteiger partial charge >= 0.3 is 0 Å². The molecule has 0 aromatic carbocycles. The van der Waals surface area contributed by atoms with Gasteiger partial charge in [0.15, 0.2) is 0 Å². The molecule has 1 N–H and O–H groups in total. The predicted octanol–water partition coefficient (Wildman–Crippen LogP) is 3.77. The highest BCUT2D eigenvalue weighted by Gasteiger charge is 1.96. The van der Waals surface area contributed by atoms with Crippen molar-refractivity contribution < 1.29 is 0 Å². The van der Waals surface area contributed by atoms with E-state index in [9.17, 15) is 0 Å². The lowest BCUT2D eigenvalue weighted by molar-refractivity contribution is 0.599. The first-order chi connectivity index (χ1) is 7.33. The number of thiophene rings is 1. The van der Waals surface area contributed by atoms with Crippen LogP contribution in [0.3, 0.4) is 0 Å². The van der Waals surface area contributed by atoms with Crippen molar-refractivity contribution in [2.45, 2.75) is 46.0 Å². The summed E-state index contributed by atoms with van der Waals surface area (Å²) in [6, 6.07) is 4.50. The van der Waals surface area contributed by atoms with E-state index in [0.717, 1.165) is 6.54 Å². The Kier molecular flexibility index (Phi) is 6.69. The maximum atomic E-state index is 3.36. The molecule has 0 amide bonds. The molecule has 1 rings (SSSR count). The largest absolute Gasteiger partial charge is 0.317 e. The Morgan fingerprint density at radius 2 is 1.93 bits per heavy atom. The number of unbranched alkanes of at least 4 members (excludes halogenated alkanes) is 3. The van der Waals surface area contributed by atoms with Crippen molar-refractivity contribution in [3.63, 3.8) is 0 Å². The Hall–Kier alpha value is -0.340. The maximum Gasteiger partial charge on any atom is 0.00480 e. The highest BCUT2D eigenvalue weighted by Crippen LogP contribution is 2.17. The number of hydrogen-bond donors (Lipinski definition) is 1. The molecule has 1 aromatic rings. The van der Waals surface area contributed by atoms with E-state index in [-0.39, 0.29) is 0 Å². The van der Waals surface area contributed by atoms with E-state index in [4.69, 9.17) is 0 Å². The molecule has 0 aliphatic heterocycles. The Bertz CT molecular complexity index is 255. The van der Waals surface area contributed by atoms with Gasteiger partial charge < -0.3 is 5.32 Å². The third kappa shape index (κ3) is 5.95. The molecule has 0 spiro atoms. The Morgan fingerprint density at radius 1 is 1.13 bits per heavy atom. The predicted molar refractivity (Wildman–Crippen MR) is 69.8 cm³/mol. The van der Waals surface area contributed by atoms with Crippen LogP contribution >= 0.6 is 11.3 Å². The lowest BCUT2D eigenvalue weighted by Crippen LogP contribution is -2.13. The van der Waals surface area contributed by atoms with Crippen LogP contribution in [0, 0.1) is 6.92 Å². The molecule has 1 aromatic heterocycles. The number of hydrogen-bond acceptors (Lipinski definition) is 2. The second-order valence-electron chi connectivity index (χ2n) is 4.03. The number of rotatable bonds is 8. The summed E-state index contributed by atoms with van der Waals surface area (Å²) in [6.45, 7) is 6.65.